The van der Waals surface area contributed by atoms with Gasteiger partial charge in [0.05, 0.1) is 6.61 Å². The Morgan fingerprint density at radius 3 is 2.33 bits per heavy atom. The molecule has 1 nitrogen and oxygen atoms in total. The van der Waals surface area contributed by atoms with Gasteiger partial charge >= 0.3 is 0 Å². The van der Waals surface area contributed by atoms with E-state index in [9.17, 15) is 4.39 Å². The summed E-state index contributed by atoms with van der Waals surface area (Å²) in [4.78, 5) is 1.43. The van der Waals surface area contributed by atoms with E-state index >= 15 is 0 Å². The Labute approximate surface area is 154 Å². The first-order valence-corrected chi connectivity index (χ1v) is 9.10. The summed E-state index contributed by atoms with van der Waals surface area (Å²) in [6.07, 6.45) is 3.02. The Bertz CT molecular complexity index is 708. The number of hydrogen-bond acceptors (Lipinski definition) is 3. The molecular formula is C20H23FOS2. The van der Waals surface area contributed by atoms with Gasteiger partial charge in [0, 0.05) is 15.4 Å². The lowest BCUT2D eigenvalue weighted by atomic mass is 10.1. The minimum atomic E-state index is -0.267. The molecule has 0 saturated heterocycles. The normalized spacial score (nSPS) is 12.0. The van der Waals surface area contributed by atoms with Gasteiger partial charge in [0.25, 0.3) is 0 Å². The lowest BCUT2D eigenvalue weighted by Gasteiger charge is -2.15. The van der Waals surface area contributed by atoms with Gasteiger partial charge in [0.2, 0.25) is 0 Å². The van der Waals surface area contributed by atoms with E-state index in [2.05, 4.69) is 51.2 Å². The van der Waals surface area contributed by atoms with E-state index in [1.807, 2.05) is 6.07 Å². The van der Waals surface area contributed by atoms with Crippen molar-refractivity contribution in [2.45, 2.75) is 33.1 Å². The van der Waals surface area contributed by atoms with Crippen LogP contribution in [0.15, 0.2) is 42.5 Å². The molecule has 0 spiro atoms. The number of halogens is 1. The maximum atomic E-state index is 13.1. The highest BCUT2D eigenvalue weighted by Crippen LogP contribution is 2.37. The molecule has 0 N–H and O–H groups in total. The van der Waals surface area contributed by atoms with E-state index in [1.165, 1.54) is 17.7 Å². The Kier molecular flexibility index (Phi) is 7.25. The highest BCUT2D eigenvalue weighted by molar-refractivity contribution is 7.96. The van der Waals surface area contributed by atoms with Crippen LogP contribution >= 0.6 is 25.3 Å². The van der Waals surface area contributed by atoms with Crippen molar-refractivity contribution in [3.8, 4) is 5.75 Å². The van der Waals surface area contributed by atoms with Crippen molar-refractivity contribution in [2.75, 3.05) is 6.61 Å². The molecule has 0 aliphatic carbocycles. The number of ether oxygens (including phenoxy) is 1. The first-order valence-electron chi connectivity index (χ1n) is 8.21. The van der Waals surface area contributed by atoms with E-state index in [-0.39, 0.29) is 5.82 Å². The summed E-state index contributed by atoms with van der Waals surface area (Å²) >= 11 is 9.29. The highest BCUT2D eigenvalue weighted by Gasteiger charge is 2.12. The molecule has 2 aromatic rings. The third-order valence-corrected chi connectivity index (χ3v) is 4.93. The number of benzene rings is 2. The second kappa shape index (κ2) is 9.19. The zero-order chi connectivity index (χ0) is 17.5. The monoisotopic (exact) mass is 362 g/mol. The maximum absolute atomic E-state index is 13.1. The van der Waals surface area contributed by atoms with Crippen LogP contribution in [0.1, 0.15) is 43.4 Å². The summed E-state index contributed by atoms with van der Waals surface area (Å²) < 4.78 is 19.1. The third kappa shape index (κ3) is 4.81. The molecule has 0 unspecified atom stereocenters. The molecule has 0 aliphatic heterocycles. The van der Waals surface area contributed by atoms with Gasteiger partial charge in [-0.15, -0.1) is 25.3 Å². The van der Waals surface area contributed by atoms with Crippen LogP contribution in [0.5, 0.6) is 5.75 Å². The molecule has 0 saturated carbocycles. The zero-order valence-electron chi connectivity index (χ0n) is 14.1. The van der Waals surface area contributed by atoms with Crippen molar-refractivity contribution in [1.82, 2.24) is 0 Å². The van der Waals surface area contributed by atoms with Gasteiger partial charge in [-0.25, -0.2) is 4.39 Å². The van der Waals surface area contributed by atoms with Gasteiger partial charge in [0.1, 0.15) is 11.6 Å². The predicted octanol–water partition coefficient (Wildman–Crippen LogP) is 6.25. The number of hydrogen-bond donors (Lipinski definition) is 2. The zero-order valence-corrected chi connectivity index (χ0v) is 15.8. The Morgan fingerprint density at radius 2 is 1.71 bits per heavy atom. The van der Waals surface area contributed by atoms with Crippen LogP contribution < -0.4 is 4.74 Å². The molecule has 0 aromatic heterocycles. The highest BCUT2D eigenvalue weighted by atomic mass is 32.1. The molecule has 0 aliphatic rings. The molecule has 128 valence electrons. The summed E-state index contributed by atoms with van der Waals surface area (Å²) in [6.45, 7) is 4.92. The van der Waals surface area contributed by atoms with Crippen LogP contribution in [0.25, 0.3) is 9.81 Å². The van der Waals surface area contributed by atoms with Crippen molar-refractivity contribution in [1.29, 1.82) is 0 Å². The van der Waals surface area contributed by atoms with E-state index in [1.54, 1.807) is 12.1 Å². The average Bonchev–Trinajstić information content (AvgIpc) is 2.61. The van der Waals surface area contributed by atoms with Crippen LogP contribution in [0.2, 0.25) is 0 Å². The SMILES string of the molecule is CCCCOc1ccc(CC)cc1/C(S)=C(/S)c1ccc(F)cc1. The van der Waals surface area contributed by atoms with Crippen molar-refractivity contribution < 1.29 is 9.13 Å². The van der Waals surface area contributed by atoms with Crippen molar-refractivity contribution >= 4 is 35.1 Å². The smallest absolute Gasteiger partial charge is 0.127 e. The summed E-state index contributed by atoms with van der Waals surface area (Å²) in [5.41, 5.74) is 2.95. The van der Waals surface area contributed by atoms with Gasteiger partial charge in [-0.05, 0) is 48.2 Å². The Balaban J connectivity index is 2.42. The number of unbranched alkanes of at least 4 members (excludes halogenated alkanes) is 1. The van der Waals surface area contributed by atoms with E-state index in [4.69, 9.17) is 4.74 Å². The van der Waals surface area contributed by atoms with Crippen LogP contribution in [-0.2, 0) is 6.42 Å². The average molecular weight is 363 g/mol. The Hall–Kier alpha value is -1.39. The lowest BCUT2D eigenvalue weighted by Crippen LogP contribution is -2.00. The summed E-state index contributed by atoms with van der Waals surface area (Å²) in [5, 5.41) is 0. The fraction of sp³-hybridized carbons (Fsp3) is 0.300. The quantitative estimate of drug-likeness (QED) is 0.336. The minimum Gasteiger partial charge on any atom is -0.493 e. The minimum absolute atomic E-state index is 0.267. The molecular weight excluding hydrogens is 339 g/mol. The molecule has 2 aromatic carbocycles. The third-order valence-electron chi connectivity index (χ3n) is 3.80. The van der Waals surface area contributed by atoms with Gasteiger partial charge in [-0.1, -0.05) is 38.5 Å². The van der Waals surface area contributed by atoms with E-state index in [0.717, 1.165) is 41.0 Å². The topological polar surface area (TPSA) is 9.23 Å². The molecule has 24 heavy (non-hydrogen) atoms. The number of thiol groups is 2. The largest absolute Gasteiger partial charge is 0.493 e. The van der Waals surface area contributed by atoms with Gasteiger partial charge in [0.15, 0.2) is 0 Å². The standard InChI is InChI=1S/C20H23FOS2/c1-3-5-12-22-18-11-6-14(4-2)13-17(18)20(24)19(23)15-7-9-16(21)10-8-15/h6-11,13,23-24H,3-5,12H2,1-2H3/b20-19-. The van der Waals surface area contributed by atoms with Crippen molar-refractivity contribution in [2.24, 2.45) is 0 Å². The Morgan fingerprint density at radius 1 is 1.00 bits per heavy atom. The second-order valence-corrected chi connectivity index (χ2v) is 6.48. The van der Waals surface area contributed by atoms with E-state index in [0.29, 0.717) is 11.5 Å². The molecule has 0 bridgehead atoms. The second-order valence-electron chi connectivity index (χ2n) is 5.59. The van der Waals surface area contributed by atoms with Crippen LogP contribution in [0.4, 0.5) is 4.39 Å². The molecule has 2 rings (SSSR count). The first kappa shape index (κ1) is 18.9. The number of aryl methyl sites for hydroxylation is 1. The maximum Gasteiger partial charge on any atom is 0.127 e. The van der Waals surface area contributed by atoms with Crippen LogP contribution in [-0.4, -0.2) is 6.61 Å². The summed E-state index contributed by atoms with van der Waals surface area (Å²) in [7, 11) is 0. The van der Waals surface area contributed by atoms with Crippen LogP contribution in [0, 0.1) is 5.82 Å². The van der Waals surface area contributed by atoms with Gasteiger partial charge < -0.3 is 4.74 Å². The summed E-state index contributed by atoms with van der Waals surface area (Å²) in [5.74, 6) is 0.538. The molecule has 0 fully saturated rings. The fourth-order valence-corrected chi connectivity index (χ4v) is 2.88. The van der Waals surface area contributed by atoms with Crippen molar-refractivity contribution in [3.63, 3.8) is 0 Å². The molecule has 0 amide bonds. The van der Waals surface area contributed by atoms with E-state index < -0.39 is 0 Å². The van der Waals surface area contributed by atoms with Crippen molar-refractivity contribution in [3.05, 3.63) is 65.0 Å². The first-order chi connectivity index (χ1) is 11.6. The van der Waals surface area contributed by atoms with Gasteiger partial charge in [-0.3, -0.25) is 0 Å². The fourth-order valence-electron chi connectivity index (χ4n) is 2.31. The molecule has 4 heteroatoms. The molecule has 0 heterocycles. The van der Waals surface area contributed by atoms with Gasteiger partial charge in [-0.2, -0.15) is 0 Å². The predicted molar refractivity (Wildman–Crippen MR) is 107 cm³/mol. The summed E-state index contributed by atoms with van der Waals surface area (Å²) in [6, 6.07) is 12.4. The van der Waals surface area contributed by atoms with Crippen LogP contribution in [0.3, 0.4) is 0 Å². The molecule has 0 radical (unpaired) electrons. The number of rotatable bonds is 7. The lowest BCUT2D eigenvalue weighted by molar-refractivity contribution is 0.308. The molecule has 0 atom stereocenters.